The predicted molar refractivity (Wildman–Crippen MR) is 91.6 cm³/mol. The van der Waals surface area contributed by atoms with Crippen molar-refractivity contribution in [1.29, 1.82) is 0 Å². The van der Waals surface area contributed by atoms with Gasteiger partial charge in [0.15, 0.2) is 0 Å². The van der Waals surface area contributed by atoms with Crippen LogP contribution in [-0.2, 0) is 0 Å². The standard InChI is InChI=1S/C20H34/c1-5-7-9-11-13-19(12-10-8-6-2)20-16-17(3)14-15-18(20)4/h14-16,19H,5-13H2,1-4H3. The highest BCUT2D eigenvalue weighted by molar-refractivity contribution is 5.33. The normalized spacial score (nSPS) is 12.6. The number of unbranched alkanes of at least 4 members (excludes halogenated alkanes) is 5. The molecule has 1 aromatic carbocycles. The molecule has 114 valence electrons. The first-order chi connectivity index (χ1) is 9.69. The van der Waals surface area contributed by atoms with Gasteiger partial charge in [0.25, 0.3) is 0 Å². The molecule has 0 nitrogen and oxygen atoms in total. The highest BCUT2D eigenvalue weighted by Gasteiger charge is 2.13. The van der Waals surface area contributed by atoms with E-state index in [9.17, 15) is 0 Å². The molecule has 1 aromatic rings. The summed E-state index contributed by atoms with van der Waals surface area (Å²) in [7, 11) is 0. The molecule has 1 unspecified atom stereocenters. The van der Waals surface area contributed by atoms with Gasteiger partial charge in [-0.15, -0.1) is 0 Å². The first kappa shape index (κ1) is 17.3. The van der Waals surface area contributed by atoms with E-state index >= 15 is 0 Å². The van der Waals surface area contributed by atoms with Gasteiger partial charge in [-0.25, -0.2) is 0 Å². The second-order valence-corrected chi connectivity index (χ2v) is 6.40. The van der Waals surface area contributed by atoms with Gasteiger partial charge in [0, 0.05) is 0 Å². The third-order valence-corrected chi connectivity index (χ3v) is 4.44. The van der Waals surface area contributed by atoms with E-state index in [0.717, 1.165) is 5.92 Å². The van der Waals surface area contributed by atoms with Crippen LogP contribution in [-0.4, -0.2) is 0 Å². The van der Waals surface area contributed by atoms with Crippen molar-refractivity contribution in [3.05, 3.63) is 34.9 Å². The Labute approximate surface area is 127 Å². The molecule has 0 aliphatic rings. The summed E-state index contributed by atoms with van der Waals surface area (Å²) < 4.78 is 0. The van der Waals surface area contributed by atoms with Crippen LogP contribution in [0.5, 0.6) is 0 Å². The van der Waals surface area contributed by atoms with E-state index in [0.29, 0.717) is 0 Å². The van der Waals surface area contributed by atoms with E-state index in [-0.39, 0.29) is 0 Å². The van der Waals surface area contributed by atoms with Crippen LogP contribution in [0, 0.1) is 13.8 Å². The van der Waals surface area contributed by atoms with Crippen molar-refractivity contribution in [3.63, 3.8) is 0 Å². The number of rotatable bonds is 10. The van der Waals surface area contributed by atoms with Gasteiger partial charge in [0.05, 0.1) is 0 Å². The molecule has 0 aliphatic carbocycles. The van der Waals surface area contributed by atoms with Gasteiger partial charge in [0.1, 0.15) is 0 Å². The Bertz CT molecular complexity index is 364. The SMILES string of the molecule is CCCCCCC(CCCCC)c1cc(C)ccc1C. The molecule has 1 rings (SSSR count). The molecule has 0 amide bonds. The minimum atomic E-state index is 0.790. The van der Waals surface area contributed by atoms with Crippen molar-refractivity contribution in [1.82, 2.24) is 0 Å². The molecule has 0 spiro atoms. The van der Waals surface area contributed by atoms with Gasteiger partial charge in [-0.2, -0.15) is 0 Å². The van der Waals surface area contributed by atoms with Crippen LogP contribution in [0.3, 0.4) is 0 Å². The molecular weight excluding hydrogens is 240 g/mol. The maximum atomic E-state index is 2.44. The summed E-state index contributed by atoms with van der Waals surface area (Å²) in [6, 6.07) is 6.99. The summed E-state index contributed by atoms with van der Waals surface area (Å²) >= 11 is 0. The highest BCUT2D eigenvalue weighted by atomic mass is 14.2. The Balaban J connectivity index is 2.66. The maximum absolute atomic E-state index is 2.44. The monoisotopic (exact) mass is 274 g/mol. The van der Waals surface area contributed by atoms with Crippen LogP contribution in [0.25, 0.3) is 0 Å². The van der Waals surface area contributed by atoms with Crippen LogP contribution >= 0.6 is 0 Å². The van der Waals surface area contributed by atoms with Crippen LogP contribution in [0.2, 0.25) is 0 Å². The summed E-state index contributed by atoms with van der Waals surface area (Å²) in [5.74, 6) is 0.790. The Morgan fingerprint density at radius 3 is 2.05 bits per heavy atom. The van der Waals surface area contributed by atoms with Gasteiger partial charge in [-0.05, 0) is 43.7 Å². The van der Waals surface area contributed by atoms with Gasteiger partial charge >= 0.3 is 0 Å². The van der Waals surface area contributed by atoms with Gasteiger partial charge < -0.3 is 0 Å². The van der Waals surface area contributed by atoms with Crippen molar-refractivity contribution < 1.29 is 0 Å². The van der Waals surface area contributed by atoms with Crippen LogP contribution in [0.1, 0.15) is 94.2 Å². The minimum Gasteiger partial charge on any atom is -0.0654 e. The average Bonchev–Trinajstić information content (AvgIpc) is 2.44. The minimum absolute atomic E-state index is 0.790. The second kappa shape index (κ2) is 10.0. The number of hydrogen-bond acceptors (Lipinski definition) is 0. The van der Waals surface area contributed by atoms with Crippen molar-refractivity contribution in [3.8, 4) is 0 Å². The van der Waals surface area contributed by atoms with E-state index in [1.165, 1.54) is 68.9 Å². The van der Waals surface area contributed by atoms with Crippen molar-refractivity contribution in [2.24, 2.45) is 0 Å². The average molecular weight is 274 g/mol. The van der Waals surface area contributed by atoms with Crippen molar-refractivity contribution >= 4 is 0 Å². The Hall–Kier alpha value is -0.780. The van der Waals surface area contributed by atoms with Crippen molar-refractivity contribution in [2.75, 3.05) is 0 Å². The Morgan fingerprint density at radius 1 is 0.800 bits per heavy atom. The maximum Gasteiger partial charge on any atom is -0.0159 e. The van der Waals surface area contributed by atoms with Gasteiger partial charge in [-0.3, -0.25) is 0 Å². The zero-order chi connectivity index (χ0) is 14.8. The third kappa shape index (κ3) is 6.11. The van der Waals surface area contributed by atoms with Crippen LogP contribution in [0.15, 0.2) is 18.2 Å². The highest BCUT2D eigenvalue weighted by Crippen LogP contribution is 2.31. The number of aryl methyl sites for hydroxylation is 2. The fourth-order valence-corrected chi connectivity index (χ4v) is 3.11. The molecule has 0 heteroatoms. The quantitative estimate of drug-likeness (QED) is 0.405. The molecular formula is C20H34. The first-order valence-electron chi connectivity index (χ1n) is 8.76. The number of hydrogen-bond donors (Lipinski definition) is 0. The molecule has 0 N–H and O–H groups in total. The molecule has 0 heterocycles. The van der Waals surface area contributed by atoms with Crippen LogP contribution < -0.4 is 0 Å². The molecule has 0 fully saturated rings. The summed E-state index contributed by atoms with van der Waals surface area (Å²) in [4.78, 5) is 0. The molecule has 0 radical (unpaired) electrons. The van der Waals surface area contributed by atoms with Gasteiger partial charge in [-0.1, -0.05) is 82.6 Å². The summed E-state index contributed by atoms with van der Waals surface area (Å²) in [5.41, 5.74) is 4.53. The predicted octanol–water partition coefficient (Wildman–Crippen LogP) is 6.94. The second-order valence-electron chi connectivity index (χ2n) is 6.40. The lowest BCUT2D eigenvalue weighted by atomic mass is 9.85. The molecule has 0 bridgehead atoms. The lowest BCUT2D eigenvalue weighted by molar-refractivity contribution is 0.499. The Morgan fingerprint density at radius 2 is 1.40 bits per heavy atom. The van der Waals surface area contributed by atoms with Gasteiger partial charge in [0.2, 0.25) is 0 Å². The smallest absolute Gasteiger partial charge is 0.0159 e. The van der Waals surface area contributed by atoms with E-state index in [1.54, 1.807) is 5.56 Å². The van der Waals surface area contributed by atoms with E-state index in [2.05, 4.69) is 45.9 Å². The first-order valence-corrected chi connectivity index (χ1v) is 8.76. The van der Waals surface area contributed by atoms with E-state index in [4.69, 9.17) is 0 Å². The van der Waals surface area contributed by atoms with Crippen LogP contribution in [0.4, 0.5) is 0 Å². The topological polar surface area (TPSA) is 0 Å². The van der Waals surface area contributed by atoms with E-state index < -0.39 is 0 Å². The summed E-state index contributed by atoms with van der Waals surface area (Å²) in [5, 5.41) is 0. The zero-order valence-corrected chi connectivity index (χ0v) is 14.2. The molecule has 0 saturated heterocycles. The fourth-order valence-electron chi connectivity index (χ4n) is 3.11. The molecule has 1 atom stereocenters. The van der Waals surface area contributed by atoms with E-state index in [1.807, 2.05) is 0 Å². The molecule has 0 saturated carbocycles. The lowest BCUT2D eigenvalue weighted by Gasteiger charge is -2.20. The lowest BCUT2D eigenvalue weighted by Crippen LogP contribution is -2.02. The Kier molecular flexibility index (Phi) is 8.65. The molecule has 0 aliphatic heterocycles. The fraction of sp³-hybridized carbons (Fsp3) is 0.700. The third-order valence-electron chi connectivity index (χ3n) is 4.44. The summed E-state index contributed by atoms with van der Waals surface area (Å²) in [6.07, 6.45) is 12.4. The zero-order valence-electron chi connectivity index (χ0n) is 14.2. The largest absolute Gasteiger partial charge is 0.0654 e. The number of benzene rings is 1. The molecule has 20 heavy (non-hydrogen) atoms. The van der Waals surface area contributed by atoms with Crippen molar-refractivity contribution in [2.45, 2.75) is 91.4 Å². The summed E-state index contributed by atoms with van der Waals surface area (Å²) in [6.45, 7) is 9.11. The molecule has 0 aromatic heterocycles.